The van der Waals surface area contributed by atoms with Crippen molar-refractivity contribution in [1.82, 2.24) is 4.90 Å². The zero-order chi connectivity index (χ0) is 17.0. The quantitative estimate of drug-likeness (QED) is 0.663. The molecule has 0 amide bonds. The van der Waals surface area contributed by atoms with E-state index in [0.29, 0.717) is 12.1 Å². The molecule has 2 bridgehead atoms. The maximum Gasteiger partial charge on any atom is 0.338 e. The summed E-state index contributed by atoms with van der Waals surface area (Å²) >= 11 is 0. The van der Waals surface area contributed by atoms with Crippen molar-refractivity contribution in [2.75, 3.05) is 7.05 Å². The molecule has 0 aromatic heterocycles. The standard InChI is InChI=1S/C22H23NO2/c1-23-15-9-10-16(23)13-17(12-15)25-22(24)20-8-4-7-19-18-6-3-2-5-14(18)11-21(19)20/h2-8,15-17H,9-13H2,1H3. The lowest BCUT2D eigenvalue weighted by molar-refractivity contribution is -0.000521. The lowest BCUT2D eigenvalue weighted by atomic mass is 9.99. The fraction of sp³-hybridized carbons (Fsp3) is 0.409. The topological polar surface area (TPSA) is 29.5 Å². The molecule has 25 heavy (non-hydrogen) atoms. The fourth-order valence-electron chi connectivity index (χ4n) is 5.02. The second-order valence-electron chi connectivity index (χ2n) is 7.71. The summed E-state index contributed by atoms with van der Waals surface area (Å²) in [5.41, 5.74) is 5.62. The van der Waals surface area contributed by atoms with Crippen LogP contribution in [-0.4, -0.2) is 36.1 Å². The summed E-state index contributed by atoms with van der Waals surface area (Å²) in [6.07, 6.45) is 5.34. The van der Waals surface area contributed by atoms with Gasteiger partial charge >= 0.3 is 5.97 Å². The summed E-state index contributed by atoms with van der Waals surface area (Å²) in [5, 5.41) is 0. The zero-order valence-corrected chi connectivity index (χ0v) is 14.6. The Bertz CT molecular complexity index is 830. The van der Waals surface area contributed by atoms with Crippen LogP contribution in [0.1, 0.15) is 47.2 Å². The normalized spacial score (nSPS) is 27.0. The molecule has 1 aliphatic carbocycles. The number of nitrogens with zero attached hydrogens (tertiary/aromatic N) is 1. The van der Waals surface area contributed by atoms with Gasteiger partial charge in [-0.3, -0.25) is 0 Å². The largest absolute Gasteiger partial charge is 0.459 e. The van der Waals surface area contributed by atoms with E-state index in [4.69, 9.17) is 4.74 Å². The number of hydrogen-bond donors (Lipinski definition) is 0. The molecule has 128 valence electrons. The molecule has 2 aromatic carbocycles. The minimum absolute atomic E-state index is 0.0702. The molecule has 3 heteroatoms. The molecule has 2 aromatic rings. The highest BCUT2D eigenvalue weighted by Gasteiger charge is 2.40. The SMILES string of the molecule is CN1C2CCC1CC(OC(=O)c1cccc3c1Cc1ccccc1-3)C2. The van der Waals surface area contributed by atoms with E-state index in [1.165, 1.54) is 29.5 Å². The van der Waals surface area contributed by atoms with Crippen molar-refractivity contribution in [3.63, 3.8) is 0 Å². The van der Waals surface area contributed by atoms with Gasteiger partial charge in [0, 0.05) is 24.9 Å². The summed E-state index contributed by atoms with van der Waals surface area (Å²) in [5.74, 6) is -0.140. The van der Waals surface area contributed by atoms with Crippen LogP contribution in [0.5, 0.6) is 0 Å². The number of carbonyl (C=O) groups is 1. The van der Waals surface area contributed by atoms with Crippen molar-refractivity contribution < 1.29 is 9.53 Å². The molecule has 0 radical (unpaired) electrons. The Hall–Kier alpha value is -2.13. The van der Waals surface area contributed by atoms with E-state index in [9.17, 15) is 4.79 Å². The van der Waals surface area contributed by atoms with Crippen LogP contribution in [0.2, 0.25) is 0 Å². The highest BCUT2D eigenvalue weighted by atomic mass is 16.5. The Labute approximate surface area is 148 Å². The van der Waals surface area contributed by atoms with Crippen molar-refractivity contribution in [3.8, 4) is 11.1 Å². The van der Waals surface area contributed by atoms with Crippen molar-refractivity contribution in [2.24, 2.45) is 0 Å². The molecule has 2 heterocycles. The van der Waals surface area contributed by atoms with Gasteiger partial charge < -0.3 is 9.64 Å². The molecule has 0 spiro atoms. The van der Waals surface area contributed by atoms with Gasteiger partial charge in [-0.15, -0.1) is 0 Å². The monoisotopic (exact) mass is 333 g/mol. The molecule has 3 nitrogen and oxygen atoms in total. The Morgan fingerprint density at radius 3 is 2.52 bits per heavy atom. The highest BCUT2D eigenvalue weighted by Crippen LogP contribution is 2.39. The number of hydrogen-bond acceptors (Lipinski definition) is 3. The molecular formula is C22H23NO2. The number of rotatable bonds is 2. The lowest BCUT2D eigenvalue weighted by Crippen LogP contribution is -2.43. The molecule has 2 aliphatic heterocycles. The first kappa shape index (κ1) is 15.2. The molecule has 5 rings (SSSR count). The predicted octanol–water partition coefficient (Wildman–Crippen LogP) is 4.04. The van der Waals surface area contributed by atoms with Crippen LogP contribution in [-0.2, 0) is 11.2 Å². The maximum absolute atomic E-state index is 12.9. The Kier molecular flexibility index (Phi) is 3.46. The van der Waals surface area contributed by atoms with Crippen molar-refractivity contribution >= 4 is 5.97 Å². The smallest absolute Gasteiger partial charge is 0.338 e. The van der Waals surface area contributed by atoms with E-state index in [1.807, 2.05) is 12.1 Å². The molecular weight excluding hydrogens is 310 g/mol. The molecule has 0 saturated carbocycles. The number of carbonyl (C=O) groups excluding carboxylic acids is 1. The van der Waals surface area contributed by atoms with Crippen molar-refractivity contribution in [2.45, 2.75) is 50.3 Å². The molecule has 2 unspecified atom stereocenters. The molecule has 3 aliphatic rings. The summed E-state index contributed by atoms with van der Waals surface area (Å²) in [6.45, 7) is 0. The third kappa shape index (κ3) is 2.41. The highest BCUT2D eigenvalue weighted by molar-refractivity contribution is 5.95. The average Bonchev–Trinajstić information content (AvgIpc) is 3.08. The fourth-order valence-corrected chi connectivity index (χ4v) is 5.02. The Morgan fingerprint density at radius 1 is 1.00 bits per heavy atom. The van der Waals surface area contributed by atoms with Gasteiger partial charge in [0.2, 0.25) is 0 Å². The van der Waals surface area contributed by atoms with Gasteiger partial charge in [0.15, 0.2) is 0 Å². The van der Waals surface area contributed by atoms with Gasteiger partial charge in [0.25, 0.3) is 0 Å². The van der Waals surface area contributed by atoms with Crippen molar-refractivity contribution in [3.05, 3.63) is 59.2 Å². The summed E-state index contributed by atoms with van der Waals surface area (Å²) in [6, 6.07) is 15.6. The van der Waals surface area contributed by atoms with E-state index < -0.39 is 0 Å². The number of esters is 1. The summed E-state index contributed by atoms with van der Waals surface area (Å²) in [4.78, 5) is 15.4. The minimum atomic E-state index is -0.140. The summed E-state index contributed by atoms with van der Waals surface area (Å²) in [7, 11) is 2.21. The van der Waals surface area contributed by atoms with Crippen molar-refractivity contribution in [1.29, 1.82) is 0 Å². The number of piperidine rings is 1. The van der Waals surface area contributed by atoms with Crippen LogP contribution >= 0.6 is 0 Å². The van der Waals surface area contributed by atoms with Crippen LogP contribution in [0.4, 0.5) is 0 Å². The maximum atomic E-state index is 12.9. The van der Waals surface area contributed by atoms with Crippen LogP contribution in [0.25, 0.3) is 11.1 Å². The van der Waals surface area contributed by atoms with E-state index in [1.54, 1.807) is 0 Å². The second kappa shape index (κ2) is 5.70. The van der Waals surface area contributed by atoms with Gasteiger partial charge in [0.1, 0.15) is 6.10 Å². The summed E-state index contributed by atoms with van der Waals surface area (Å²) < 4.78 is 5.97. The third-order valence-corrected chi connectivity index (χ3v) is 6.40. The zero-order valence-electron chi connectivity index (χ0n) is 14.6. The van der Waals surface area contributed by atoms with E-state index in [-0.39, 0.29) is 12.1 Å². The van der Waals surface area contributed by atoms with Crippen LogP contribution in [0, 0.1) is 0 Å². The molecule has 0 N–H and O–H groups in total. The van der Waals surface area contributed by atoms with Gasteiger partial charge in [0.05, 0.1) is 5.56 Å². The van der Waals surface area contributed by atoms with Gasteiger partial charge in [-0.2, -0.15) is 0 Å². The number of benzene rings is 2. The van der Waals surface area contributed by atoms with Crippen LogP contribution in [0.15, 0.2) is 42.5 Å². The lowest BCUT2D eigenvalue weighted by Gasteiger charge is -2.35. The number of ether oxygens (including phenoxy) is 1. The molecule has 2 atom stereocenters. The predicted molar refractivity (Wildman–Crippen MR) is 97.7 cm³/mol. The van der Waals surface area contributed by atoms with Crippen LogP contribution in [0.3, 0.4) is 0 Å². The van der Waals surface area contributed by atoms with E-state index in [2.05, 4.69) is 42.3 Å². The first-order chi connectivity index (χ1) is 12.2. The Balaban J connectivity index is 1.39. The average molecular weight is 333 g/mol. The number of fused-ring (bicyclic) bond motifs is 5. The Morgan fingerprint density at radius 2 is 1.72 bits per heavy atom. The molecule has 2 fully saturated rings. The molecule has 2 saturated heterocycles. The minimum Gasteiger partial charge on any atom is -0.459 e. The van der Waals surface area contributed by atoms with E-state index in [0.717, 1.165) is 30.4 Å². The first-order valence-electron chi connectivity index (χ1n) is 9.34. The van der Waals surface area contributed by atoms with E-state index >= 15 is 0 Å². The van der Waals surface area contributed by atoms with Crippen LogP contribution < -0.4 is 0 Å². The van der Waals surface area contributed by atoms with Gasteiger partial charge in [-0.05, 0) is 54.6 Å². The second-order valence-corrected chi connectivity index (χ2v) is 7.71. The van der Waals surface area contributed by atoms with Gasteiger partial charge in [-0.25, -0.2) is 4.79 Å². The van der Waals surface area contributed by atoms with Gasteiger partial charge in [-0.1, -0.05) is 36.4 Å². The first-order valence-corrected chi connectivity index (χ1v) is 9.34. The third-order valence-electron chi connectivity index (χ3n) is 6.40.